The number of carbonyl (C=O) groups is 1. The minimum absolute atomic E-state index is 0.0100. The summed E-state index contributed by atoms with van der Waals surface area (Å²) in [7, 11) is 0. The topological polar surface area (TPSA) is 32.3 Å². The second-order valence-electron chi connectivity index (χ2n) is 10.1. The molecule has 0 aromatic heterocycles. The Labute approximate surface area is 225 Å². The summed E-state index contributed by atoms with van der Waals surface area (Å²) in [6.45, 7) is 9.48. The maximum absolute atomic E-state index is 12.1. The summed E-state index contributed by atoms with van der Waals surface area (Å²) in [5.74, 6) is 0.640. The maximum atomic E-state index is 12.1. The average molecular weight is 521 g/mol. The number of piperidine rings is 1. The fraction of sp³-hybridized carbons (Fsp3) is 0.387. The predicted molar refractivity (Wildman–Crippen MR) is 153 cm³/mol. The molecule has 1 saturated heterocycles. The van der Waals surface area contributed by atoms with Crippen molar-refractivity contribution in [1.82, 2.24) is 4.90 Å². The van der Waals surface area contributed by atoms with Crippen molar-refractivity contribution in [2.24, 2.45) is 5.92 Å². The Hall–Kier alpha value is -2.27. The van der Waals surface area contributed by atoms with Gasteiger partial charge in [-0.1, -0.05) is 55.4 Å². The molecular weight excluding hydrogens is 484 g/mol. The van der Waals surface area contributed by atoms with Crippen LogP contribution in [0, 0.1) is 12.8 Å². The van der Waals surface area contributed by atoms with Gasteiger partial charge in [-0.15, -0.1) is 0 Å². The molecule has 1 aliphatic rings. The monoisotopic (exact) mass is 520 g/mol. The summed E-state index contributed by atoms with van der Waals surface area (Å²) in [5, 5.41) is 3.84. The minimum atomic E-state index is -0.0100. The number of amides is 1. The molecule has 0 bridgehead atoms. The van der Waals surface area contributed by atoms with Crippen LogP contribution in [0.5, 0.6) is 0 Å². The minimum Gasteiger partial charge on any atom is -0.326 e. The number of rotatable bonds is 9. The van der Waals surface area contributed by atoms with Crippen molar-refractivity contribution in [3.8, 4) is 0 Å². The van der Waals surface area contributed by atoms with Crippen LogP contribution in [0.1, 0.15) is 55.7 Å². The number of nitrogens with one attached hydrogen (secondary N) is 1. The fourth-order valence-corrected chi connectivity index (χ4v) is 5.72. The van der Waals surface area contributed by atoms with E-state index in [1.165, 1.54) is 45.7 Å². The summed E-state index contributed by atoms with van der Waals surface area (Å²) >= 11 is 7.75. The molecule has 0 saturated carbocycles. The Bertz CT molecular complexity index is 1140. The molecule has 1 fully saturated rings. The van der Waals surface area contributed by atoms with E-state index in [9.17, 15) is 4.79 Å². The summed E-state index contributed by atoms with van der Waals surface area (Å²) < 4.78 is 0. The molecule has 36 heavy (non-hydrogen) atoms. The molecule has 3 nitrogen and oxygen atoms in total. The van der Waals surface area contributed by atoms with Gasteiger partial charge in [-0.3, -0.25) is 4.79 Å². The molecule has 5 heteroatoms. The molecule has 3 aromatic rings. The molecule has 4 rings (SSSR count). The molecule has 1 amide bonds. The lowest BCUT2D eigenvalue weighted by Crippen LogP contribution is -2.34. The highest BCUT2D eigenvalue weighted by atomic mass is 35.5. The third-order valence-electron chi connectivity index (χ3n) is 7.01. The van der Waals surface area contributed by atoms with E-state index < -0.39 is 0 Å². The van der Waals surface area contributed by atoms with Crippen LogP contribution < -0.4 is 5.32 Å². The first kappa shape index (κ1) is 26.8. The summed E-state index contributed by atoms with van der Waals surface area (Å²) in [6, 6.07) is 23.3. The molecule has 190 valence electrons. The summed E-state index contributed by atoms with van der Waals surface area (Å²) in [5.41, 5.74) is 5.05. The van der Waals surface area contributed by atoms with E-state index in [0.29, 0.717) is 5.92 Å². The number of aryl methyl sites for hydroxylation is 2. The van der Waals surface area contributed by atoms with E-state index in [0.717, 1.165) is 36.8 Å². The van der Waals surface area contributed by atoms with Gasteiger partial charge in [0.15, 0.2) is 0 Å². The van der Waals surface area contributed by atoms with Gasteiger partial charge in [0.25, 0.3) is 0 Å². The van der Waals surface area contributed by atoms with Gasteiger partial charge in [-0.25, -0.2) is 0 Å². The third-order valence-corrected chi connectivity index (χ3v) is 8.28. The number of nitrogens with zero attached hydrogens (tertiary/aromatic N) is 1. The lowest BCUT2D eigenvalue weighted by Gasteiger charge is -2.33. The SMILES string of the molecule is Cc1ccc(NC(=O)C(C)C)cc1C1CCN(CCCc2ccc(Sc3ccc(Cl)cc3)cc2)CC1. The van der Waals surface area contributed by atoms with Gasteiger partial charge in [-0.2, -0.15) is 0 Å². The first-order valence-electron chi connectivity index (χ1n) is 13.0. The molecule has 0 unspecified atom stereocenters. The number of carbonyl (C=O) groups excluding carboxylic acids is 1. The van der Waals surface area contributed by atoms with Crippen LogP contribution in [0.4, 0.5) is 5.69 Å². The van der Waals surface area contributed by atoms with E-state index in [1.54, 1.807) is 11.8 Å². The Morgan fingerprint density at radius 3 is 2.28 bits per heavy atom. The largest absolute Gasteiger partial charge is 0.326 e. The predicted octanol–water partition coefficient (Wildman–Crippen LogP) is 8.21. The molecule has 0 aliphatic carbocycles. The number of hydrogen-bond acceptors (Lipinski definition) is 3. The third kappa shape index (κ3) is 7.61. The van der Waals surface area contributed by atoms with E-state index in [4.69, 9.17) is 11.6 Å². The Balaban J connectivity index is 1.21. The molecule has 0 spiro atoms. The van der Waals surface area contributed by atoms with Gasteiger partial charge >= 0.3 is 0 Å². The van der Waals surface area contributed by atoms with E-state index in [2.05, 4.69) is 65.7 Å². The van der Waals surface area contributed by atoms with Crippen LogP contribution in [0.15, 0.2) is 76.5 Å². The number of halogens is 1. The van der Waals surface area contributed by atoms with E-state index >= 15 is 0 Å². The zero-order valence-corrected chi connectivity index (χ0v) is 23.2. The molecule has 0 atom stereocenters. The van der Waals surface area contributed by atoms with Crippen LogP contribution in [-0.4, -0.2) is 30.4 Å². The van der Waals surface area contributed by atoms with Gasteiger partial charge in [0.2, 0.25) is 5.91 Å². The van der Waals surface area contributed by atoms with Crippen molar-refractivity contribution in [2.75, 3.05) is 25.0 Å². The molecule has 1 heterocycles. The van der Waals surface area contributed by atoms with Crippen molar-refractivity contribution in [3.63, 3.8) is 0 Å². The summed E-state index contributed by atoms with van der Waals surface area (Å²) in [4.78, 5) is 17.2. The lowest BCUT2D eigenvalue weighted by molar-refractivity contribution is -0.118. The lowest BCUT2D eigenvalue weighted by atomic mass is 9.86. The van der Waals surface area contributed by atoms with Crippen molar-refractivity contribution >= 4 is 35.0 Å². The van der Waals surface area contributed by atoms with Crippen LogP contribution in [-0.2, 0) is 11.2 Å². The second-order valence-corrected chi connectivity index (χ2v) is 11.7. The fourth-order valence-electron chi connectivity index (χ4n) is 4.78. The zero-order valence-electron chi connectivity index (χ0n) is 21.6. The number of likely N-dealkylation sites (tertiary alicyclic amines) is 1. The van der Waals surface area contributed by atoms with Crippen LogP contribution in [0.3, 0.4) is 0 Å². The zero-order chi connectivity index (χ0) is 25.5. The molecule has 1 aliphatic heterocycles. The van der Waals surface area contributed by atoms with Crippen LogP contribution in [0.25, 0.3) is 0 Å². The number of anilines is 1. The molecule has 3 aromatic carbocycles. The average Bonchev–Trinajstić information content (AvgIpc) is 2.88. The second kappa shape index (κ2) is 12.8. The Kier molecular flexibility index (Phi) is 9.53. The highest BCUT2D eigenvalue weighted by molar-refractivity contribution is 7.99. The smallest absolute Gasteiger partial charge is 0.226 e. The van der Waals surface area contributed by atoms with Gasteiger partial charge in [0.1, 0.15) is 0 Å². The molecule has 1 N–H and O–H groups in total. The van der Waals surface area contributed by atoms with Gasteiger partial charge in [-0.05, 0) is 123 Å². The quantitative estimate of drug-likeness (QED) is 0.308. The molecular formula is C31H37ClN2OS. The van der Waals surface area contributed by atoms with E-state index in [1.807, 2.05) is 32.0 Å². The van der Waals surface area contributed by atoms with Crippen LogP contribution in [0.2, 0.25) is 5.02 Å². The standard InChI is InChI=1S/C31H37ClN2OS/c1-22(2)31(35)33-27-11-6-23(3)30(21-27)25-16-19-34(20-17-25)18-4-5-24-7-12-28(13-8-24)36-29-14-9-26(32)10-15-29/h6-15,21-22,25H,4-5,16-20H2,1-3H3,(H,33,35). The van der Waals surface area contributed by atoms with Gasteiger partial charge in [0, 0.05) is 26.4 Å². The van der Waals surface area contributed by atoms with Crippen LogP contribution >= 0.6 is 23.4 Å². The van der Waals surface area contributed by atoms with E-state index in [-0.39, 0.29) is 11.8 Å². The van der Waals surface area contributed by atoms with Crippen molar-refractivity contribution < 1.29 is 4.79 Å². The highest BCUT2D eigenvalue weighted by Gasteiger charge is 2.22. The van der Waals surface area contributed by atoms with Gasteiger partial charge < -0.3 is 10.2 Å². The normalized spacial score (nSPS) is 14.8. The van der Waals surface area contributed by atoms with Crippen molar-refractivity contribution in [2.45, 2.75) is 62.2 Å². The number of hydrogen-bond donors (Lipinski definition) is 1. The highest BCUT2D eigenvalue weighted by Crippen LogP contribution is 2.32. The van der Waals surface area contributed by atoms with Crippen molar-refractivity contribution in [3.05, 3.63) is 88.4 Å². The molecule has 0 radical (unpaired) electrons. The van der Waals surface area contributed by atoms with Crippen molar-refractivity contribution in [1.29, 1.82) is 0 Å². The number of benzene rings is 3. The van der Waals surface area contributed by atoms with Gasteiger partial charge in [0.05, 0.1) is 0 Å². The summed E-state index contributed by atoms with van der Waals surface area (Å²) in [6.07, 6.45) is 4.66. The first-order valence-corrected chi connectivity index (χ1v) is 14.2. The Morgan fingerprint density at radius 2 is 1.64 bits per heavy atom. The first-order chi connectivity index (χ1) is 17.4. The maximum Gasteiger partial charge on any atom is 0.226 e. The Morgan fingerprint density at radius 1 is 1.00 bits per heavy atom.